The normalized spacial score (nSPS) is 16.7. The predicted molar refractivity (Wildman–Crippen MR) is 242 cm³/mol. The number of ether oxygens (including phenoxy) is 2. The number of carbonyl (C=O) groups excluding carboxylic acids is 2. The minimum absolute atomic E-state index is 0.0118. The molecule has 328 valence electrons. The second kappa shape index (κ2) is 15.6. The molecule has 0 unspecified atom stereocenters. The monoisotopic (exact) mass is 914 g/mol. The van der Waals surface area contributed by atoms with Gasteiger partial charge < -0.3 is 34.7 Å². The van der Waals surface area contributed by atoms with Gasteiger partial charge in [0.25, 0.3) is 11.5 Å². The summed E-state index contributed by atoms with van der Waals surface area (Å²) in [7, 11) is 0. The van der Waals surface area contributed by atoms with Crippen LogP contribution in [0, 0.1) is 23.0 Å². The zero-order chi connectivity index (χ0) is 45.6. The van der Waals surface area contributed by atoms with Gasteiger partial charge >= 0.3 is 5.97 Å². The Balaban J connectivity index is 0.841. The number of hydrogen-bond acceptors (Lipinski definition) is 13. The van der Waals surface area contributed by atoms with E-state index in [9.17, 15) is 29.1 Å². The van der Waals surface area contributed by atoms with E-state index in [0.717, 1.165) is 27.8 Å². The number of aromatic nitrogens is 4. The van der Waals surface area contributed by atoms with Gasteiger partial charge in [-0.2, -0.15) is 5.26 Å². The van der Waals surface area contributed by atoms with E-state index in [4.69, 9.17) is 31.8 Å². The first-order chi connectivity index (χ1) is 31.3. The van der Waals surface area contributed by atoms with Crippen molar-refractivity contribution in [3.63, 3.8) is 0 Å². The molecule has 1 atom stereocenters. The number of carbonyl (C=O) groups is 2. The van der Waals surface area contributed by atoms with Crippen LogP contribution < -0.4 is 20.9 Å². The first-order valence-electron chi connectivity index (χ1n) is 20.8. The Morgan fingerprint density at radius 1 is 1.09 bits per heavy atom. The highest BCUT2D eigenvalue weighted by Gasteiger charge is 2.45. The molecule has 0 radical (unpaired) electrons. The maximum absolute atomic E-state index is 16.5. The molecule has 1 fully saturated rings. The molecule has 3 aliphatic rings. The lowest BCUT2D eigenvalue weighted by Crippen LogP contribution is -2.49. The number of aliphatic hydroxyl groups is 1. The molecule has 10 rings (SSSR count). The van der Waals surface area contributed by atoms with Crippen molar-refractivity contribution in [1.82, 2.24) is 24.4 Å². The summed E-state index contributed by atoms with van der Waals surface area (Å²) in [4.78, 5) is 57.2. The molecule has 3 aliphatic heterocycles. The summed E-state index contributed by atoms with van der Waals surface area (Å²) in [6, 6.07) is 13.2. The van der Waals surface area contributed by atoms with E-state index in [1.807, 2.05) is 30.0 Å². The highest BCUT2D eigenvalue weighted by atomic mass is 35.5. The fraction of sp³-hybridized carbons (Fsp3) is 0.255. The van der Waals surface area contributed by atoms with Crippen molar-refractivity contribution < 1.29 is 33.0 Å². The van der Waals surface area contributed by atoms with Crippen LogP contribution in [0.4, 0.5) is 19.6 Å². The van der Waals surface area contributed by atoms with Crippen LogP contribution in [0.15, 0.2) is 65.7 Å². The molecular formula is C47H37ClF2N8O6S. The van der Waals surface area contributed by atoms with Crippen molar-refractivity contribution in [2.75, 3.05) is 43.4 Å². The highest BCUT2D eigenvalue weighted by Crippen LogP contribution is 2.46. The lowest BCUT2D eigenvalue weighted by molar-refractivity contribution is -0.172. The smallest absolute Gasteiger partial charge is 0.343 e. The maximum Gasteiger partial charge on any atom is 0.343 e. The lowest BCUT2D eigenvalue weighted by atomic mass is 9.86. The number of anilines is 2. The number of rotatable bonds is 8. The second-order valence-corrected chi connectivity index (χ2v) is 17.6. The molecule has 0 saturated carbocycles. The van der Waals surface area contributed by atoms with Crippen LogP contribution in [-0.4, -0.2) is 74.2 Å². The number of pyridine rings is 2. The van der Waals surface area contributed by atoms with Crippen LogP contribution in [-0.2, 0) is 39.5 Å². The van der Waals surface area contributed by atoms with Crippen molar-refractivity contribution >= 4 is 77.5 Å². The van der Waals surface area contributed by atoms with Gasteiger partial charge in [0.2, 0.25) is 0 Å². The van der Waals surface area contributed by atoms with Crippen LogP contribution in [0.1, 0.15) is 48.1 Å². The van der Waals surface area contributed by atoms with Crippen molar-refractivity contribution in [3.05, 3.63) is 116 Å². The summed E-state index contributed by atoms with van der Waals surface area (Å²) in [5.74, 6) is -1.49. The van der Waals surface area contributed by atoms with E-state index in [1.165, 1.54) is 18.5 Å². The van der Waals surface area contributed by atoms with Gasteiger partial charge in [0.15, 0.2) is 11.4 Å². The maximum atomic E-state index is 16.5. The molecular weight excluding hydrogens is 878 g/mol. The average Bonchev–Trinajstić information content (AvgIpc) is 3.86. The molecule has 4 aromatic heterocycles. The van der Waals surface area contributed by atoms with E-state index in [0.29, 0.717) is 66.5 Å². The molecule has 7 heterocycles. The third kappa shape index (κ3) is 6.41. The zero-order valence-electron chi connectivity index (χ0n) is 34.9. The summed E-state index contributed by atoms with van der Waals surface area (Å²) in [5.41, 5.74) is 8.36. The number of aryl methyl sites for hydroxylation is 1. The number of esters is 1. The number of hydrogen-bond donors (Lipinski definition) is 2. The Kier molecular flexibility index (Phi) is 10.1. The largest absolute Gasteiger partial charge is 0.489 e. The number of thiophene rings is 1. The molecule has 3 N–H and O–H groups in total. The second-order valence-electron chi connectivity index (χ2n) is 16.1. The van der Waals surface area contributed by atoms with Crippen LogP contribution in [0.3, 0.4) is 0 Å². The molecule has 0 aliphatic carbocycles. The van der Waals surface area contributed by atoms with Crippen LogP contribution >= 0.6 is 22.9 Å². The van der Waals surface area contributed by atoms with Gasteiger partial charge in [0.1, 0.15) is 53.5 Å². The van der Waals surface area contributed by atoms with Crippen LogP contribution in [0.25, 0.3) is 54.4 Å². The topological polar surface area (TPSA) is 190 Å². The summed E-state index contributed by atoms with van der Waals surface area (Å²) >= 11 is 7.67. The molecule has 0 bridgehead atoms. The van der Waals surface area contributed by atoms with Gasteiger partial charge in [-0.05, 0) is 60.4 Å². The van der Waals surface area contributed by atoms with Gasteiger partial charge in [-0.15, -0.1) is 11.3 Å². The summed E-state index contributed by atoms with van der Waals surface area (Å²) < 4.78 is 44.4. The molecule has 7 aromatic rings. The van der Waals surface area contributed by atoms with Gasteiger partial charge in [0, 0.05) is 64.6 Å². The molecule has 1 saturated heterocycles. The summed E-state index contributed by atoms with van der Waals surface area (Å²) in [6.07, 6.45) is 1.91. The number of amides is 1. The number of nitrogens with zero attached hydrogens (tertiary/aromatic N) is 7. The Labute approximate surface area is 377 Å². The Morgan fingerprint density at radius 2 is 1.88 bits per heavy atom. The number of halogens is 3. The van der Waals surface area contributed by atoms with E-state index in [1.54, 1.807) is 34.6 Å². The Bertz CT molecular complexity index is 3380. The Hall–Kier alpha value is -7.00. The van der Waals surface area contributed by atoms with Crippen LogP contribution in [0.5, 0.6) is 5.75 Å². The molecule has 1 amide bonds. The fourth-order valence-corrected chi connectivity index (χ4v) is 10.6. The molecule has 18 heteroatoms. The minimum atomic E-state index is -1.92. The standard InChI is InChI=1S/C47H37ClF2N8O6S/c1-4-24-26-14-23(6-9-34(26)55-39-29(24)18-58-35(39)16-31-30(45(58)60)20-64-46(61)47(31,62)5-2)63-19-22(3)44(59)57-12-10-56(11-13-57)43-27-15-32(48)37(38(50)40(27)53-21-54-43)25-7-8-33(49)41-36(25)28(17-51)42(52)65-41/h6-9,14-16,21,62H,3-5,10-13,18-20,52H2,1-2H3/t47-/m0/s1. The van der Waals surface area contributed by atoms with Crippen molar-refractivity contribution in [2.45, 2.75) is 45.4 Å². The molecule has 14 nitrogen and oxygen atoms in total. The third-order valence-corrected chi connectivity index (χ3v) is 14.0. The summed E-state index contributed by atoms with van der Waals surface area (Å²) in [5, 5.41) is 22.5. The SMILES string of the molecule is C=C(COc1ccc2nc3c(c(CC)c2c1)Cn1c-3cc2c(c1=O)COC(=O)[C@]2(O)CC)C(=O)N1CCN(c2ncnc3c(F)c(-c4ccc(F)c5sc(N)c(C#N)c45)c(Cl)cc23)CC1. The zero-order valence-corrected chi connectivity index (χ0v) is 36.5. The van der Waals surface area contributed by atoms with Gasteiger partial charge in [0.05, 0.1) is 44.3 Å². The number of fused-ring (bicyclic) bond motifs is 7. The summed E-state index contributed by atoms with van der Waals surface area (Å²) in [6.45, 7) is 9.02. The quantitative estimate of drug-likeness (QED) is 0.116. The number of cyclic esters (lactones) is 1. The first kappa shape index (κ1) is 42.0. The number of nitrogens with two attached hydrogens (primary N) is 1. The van der Waals surface area contributed by atoms with E-state index in [-0.39, 0.29) is 96.7 Å². The predicted octanol–water partition coefficient (Wildman–Crippen LogP) is 7.14. The van der Waals surface area contributed by atoms with Gasteiger partial charge in [-0.3, -0.25) is 9.59 Å². The number of nitriles is 1. The molecule has 3 aromatic carbocycles. The number of benzene rings is 3. The molecule has 0 spiro atoms. The number of piperazine rings is 1. The highest BCUT2D eigenvalue weighted by molar-refractivity contribution is 7.23. The van der Waals surface area contributed by atoms with Gasteiger partial charge in [-0.25, -0.2) is 28.5 Å². The Morgan fingerprint density at radius 3 is 2.62 bits per heavy atom. The molecule has 65 heavy (non-hydrogen) atoms. The average molecular weight is 915 g/mol. The van der Waals surface area contributed by atoms with E-state index in [2.05, 4.69) is 16.5 Å². The van der Waals surface area contributed by atoms with Crippen molar-refractivity contribution in [3.8, 4) is 34.3 Å². The van der Waals surface area contributed by atoms with Gasteiger partial charge in [-0.1, -0.05) is 38.1 Å². The fourth-order valence-electron chi connectivity index (χ4n) is 9.34. The van der Waals surface area contributed by atoms with E-state index >= 15 is 4.39 Å². The lowest BCUT2D eigenvalue weighted by Gasteiger charge is -2.36. The third-order valence-electron chi connectivity index (χ3n) is 12.7. The number of nitrogen functional groups attached to an aromatic ring is 1. The minimum Gasteiger partial charge on any atom is -0.489 e. The van der Waals surface area contributed by atoms with E-state index < -0.39 is 23.2 Å². The van der Waals surface area contributed by atoms with Crippen LogP contribution in [0.2, 0.25) is 5.02 Å². The van der Waals surface area contributed by atoms with Crippen molar-refractivity contribution in [2.24, 2.45) is 0 Å². The first-order valence-corrected chi connectivity index (χ1v) is 22.0. The van der Waals surface area contributed by atoms with Crippen molar-refractivity contribution in [1.29, 1.82) is 5.26 Å².